The third-order valence-electron chi connectivity index (χ3n) is 7.71. The molecule has 1 atom stereocenters. The van der Waals surface area contributed by atoms with Gasteiger partial charge in [-0.25, -0.2) is 9.59 Å². The molecule has 4 rings (SSSR count). The van der Waals surface area contributed by atoms with E-state index in [9.17, 15) is 14.4 Å². The first-order chi connectivity index (χ1) is 18.5. The molecule has 0 aromatic heterocycles. The summed E-state index contributed by atoms with van der Waals surface area (Å²) >= 11 is 0. The molecule has 210 valence electrons. The van der Waals surface area contributed by atoms with E-state index in [0.29, 0.717) is 30.4 Å². The van der Waals surface area contributed by atoms with Crippen molar-refractivity contribution in [2.45, 2.75) is 103 Å². The first kappa shape index (κ1) is 28.7. The molecule has 2 N–H and O–H groups in total. The van der Waals surface area contributed by atoms with Crippen molar-refractivity contribution < 1.29 is 19.1 Å². The highest BCUT2D eigenvalue weighted by Gasteiger charge is 2.35. The number of esters is 1. The third-order valence-corrected chi connectivity index (χ3v) is 7.71. The van der Waals surface area contributed by atoms with E-state index in [-0.39, 0.29) is 23.9 Å². The van der Waals surface area contributed by atoms with Crippen molar-refractivity contribution in [3.8, 4) is 0 Å². The van der Waals surface area contributed by atoms with Gasteiger partial charge in [0.2, 0.25) is 5.91 Å². The zero-order valence-corrected chi connectivity index (χ0v) is 24.0. The fourth-order valence-corrected chi connectivity index (χ4v) is 5.55. The molecule has 3 amide bonds. The molecule has 1 saturated carbocycles. The predicted octanol–water partition coefficient (Wildman–Crippen LogP) is 6.60. The van der Waals surface area contributed by atoms with Gasteiger partial charge in [-0.05, 0) is 107 Å². The van der Waals surface area contributed by atoms with Crippen LogP contribution in [0, 0.1) is 0 Å². The zero-order chi connectivity index (χ0) is 28.2. The molecular formula is C32H43N3O4. The van der Waals surface area contributed by atoms with Crippen LogP contribution in [0.1, 0.15) is 106 Å². The highest BCUT2D eigenvalue weighted by molar-refractivity contribution is 5.94. The number of amides is 3. The maximum absolute atomic E-state index is 13.2. The number of benzene rings is 2. The molecule has 2 aromatic rings. The quantitative estimate of drug-likeness (QED) is 0.409. The van der Waals surface area contributed by atoms with Crippen LogP contribution in [0.4, 0.5) is 10.5 Å². The molecule has 0 spiro atoms. The number of ether oxygens (including phenoxy) is 1. The second-order valence-electron chi connectivity index (χ2n) is 12.2. The van der Waals surface area contributed by atoms with Gasteiger partial charge in [0.25, 0.3) is 0 Å². The fourth-order valence-electron chi connectivity index (χ4n) is 5.55. The molecule has 0 unspecified atom stereocenters. The van der Waals surface area contributed by atoms with E-state index >= 15 is 0 Å². The van der Waals surface area contributed by atoms with Gasteiger partial charge in [0.05, 0.1) is 5.56 Å². The monoisotopic (exact) mass is 533 g/mol. The van der Waals surface area contributed by atoms with Crippen LogP contribution in [0.25, 0.3) is 0 Å². The average molecular weight is 534 g/mol. The van der Waals surface area contributed by atoms with E-state index in [1.165, 1.54) is 5.56 Å². The van der Waals surface area contributed by atoms with Gasteiger partial charge in [0, 0.05) is 18.3 Å². The molecule has 0 bridgehead atoms. The molecule has 1 heterocycles. The Kier molecular flexibility index (Phi) is 8.98. The van der Waals surface area contributed by atoms with Crippen molar-refractivity contribution in [2.24, 2.45) is 0 Å². The average Bonchev–Trinajstić information content (AvgIpc) is 3.39. The Morgan fingerprint density at radius 1 is 0.949 bits per heavy atom. The van der Waals surface area contributed by atoms with E-state index in [1.807, 2.05) is 57.2 Å². The molecule has 7 heteroatoms. The number of anilines is 1. The van der Waals surface area contributed by atoms with Crippen molar-refractivity contribution in [2.75, 3.05) is 11.9 Å². The minimum absolute atomic E-state index is 0.0619. The molecule has 39 heavy (non-hydrogen) atoms. The van der Waals surface area contributed by atoms with Crippen LogP contribution >= 0.6 is 0 Å². The largest absolute Gasteiger partial charge is 0.456 e. The van der Waals surface area contributed by atoms with Gasteiger partial charge in [-0.15, -0.1) is 0 Å². The number of urea groups is 1. The maximum atomic E-state index is 13.2. The summed E-state index contributed by atoms with van der Waals surface area (Å²) in [4.78, 5) is 40.4. The summed E-state index contributed by atoms with van der Waals surface area (Å²) in [5.41, 5.74) is 3.15. The Balaban J connectivity index is 1.28. The molecule has 7 nitrogen and oxygen atoms in total. The summed E-state index contributed by atoms with van der Waals surface area (Å²) in [6.45, 7) is 10.5. The summed E-state index contributed by atoms with van der Waals surface area (Å²) in [6.07, 6.45) is 5.10. The highest BCUT2D eigenvalue weighted by atomic mass is 16.6. The molecule has 2 aromatic carbocycles. The van der Waals surface area contributed by atoms with Gasteiger partial charge < -0.3 is 20.3 Å². The standard InChI is InChI=1S/C32H43N3O4/c1-21(2)22-11-15-27(16-12-22)34-31(38)35-19-7-10-28(35)29(36)33-26-17-13-23(14-18-26)24-8-6-9-25(20-24)30(37)39-32(3,4)5/h6,8-9,11-12,15-16,20-21,23,26,28H,7,10,13-14,17-19H2,1-5H3,(H,33,36)(H,34,38)/t23?,26?,28-/m1/s1. The predicted molar refractivity (Wildman–Crippen MR) is 154 cm³/mol. The number of nitrogens with zero attached hydrogens (tertiary/aromatic N) is 1. The Morgan fingerprint density at radius 3 is 2.28 bits per heavy atom. The number of carbonyl (C=O) groups is 3. The van der Waals surface area contributed by atoms with E-state index in [2.05, 4.69) is 30.5 Å². The molecule has 1 aliphatic carbocycles. The first-order valence-electron chi connectivity index (χ1n) is 14.3. The van der Waals surface area contributed by atoms with Crippen LogP contribution in [0.3, 0.4) is 0 Å². The normalized spacial score (nSPS) is 21.5. The molecule has 2 fully saturated rings. The van der Waals surface area contributed by atoms with E-state index < -0.39 is 11.6 Å². The summed E-state index contributed by atoms with van der Waals surface area (Å²) in [5.74, 6) is 0.409. The summed E-state index contributed by atoms with van der Waals surface area (Å²) in [5, 5.41) is 6.18. The highest BCUT2D eigenvalue weighted by Crippen LogP contribution is 2.34. The lowest BCUT2D eigenvalue weighted by molar-refractivity contribution is -0.125. The summed E-state index contributed by atoms with van der Waals surface area (Å²) < 4.78 is 5.53. The second kappa shape index (κ2) is 12.2. The lowest BCUT2D eigenvalue weighted by atomic mass is 9.81. The fraction of sp³-hybridized carbons (Fsp3) is 0.531. The van der Waals surface area contributed by atoms with Crippen molar-refractivity contribution in [1.29, 1.82) is 0 Å². The van der Waals surface area contributed by atoms with E-state index in [1.54, 1.807) is 11.0 Å². The van der Waals surface area contributed by atoms with Gasteiger partial charge in [-0.1, -0.05) is 38.1 Å². The van der Waals surface area contributed by atoms with Gasteiger partial charge in [-0.3, -0.25) is 4.79 Å². The second-order valence-corrected chi connectivity index (χ2v) is 12.2. The number of hydrogen-bond acceptors (Lipinski definition) is 4. The van der Waals surface area contributed by atoms with Gasteiger partial charge >= 0.3 is 12.0 Å². The van der Waals surface area contributed by atoms with Gasteiger partial charge in [0.15, 0.2) is 0 Å². The summed E-state index contributed by atoms with van der Waals surface area (Å²) in [7, 11) is 0. The van der Waals surface area contributed by atoms with Crippen molar-refractivity contribution in [3.63, 3.8) is 0 Å². The van der Waals surface area contributed by atoms with Gasteiger partial charge in [0.1, 0.15) is 11.6 Å². The number of carbonyl (C=O) groups excluding carboxylic acids is 3. The van der Waals surface area contributed by atoms with Gasteiger partial charge in [-0.2, -0.15) is 0 Å². The van der Waals surface area contributed by atoms with Crippen LogP contribution in [0.2, 0.25) is 0 Å². The lowest BCUT2D eigenvalue weighted by Crippen LogP contribution is -2.50. The van der Waals surface area contributed by atoms with Crippen LogP contribution in [-0.2, 0) is 9.53 Å². The Bertz CT molecular complexity index is 1160. The zero-order valence-electron chi connectivity index (χ0n) is 24.0. The third kappa shape index (κ3) is 7.61. The van der Waals surface area contributed by atoms with Crippen molar-refractivity contribution >= 4 is 23.6 Å². The van der Waals surface area contributed by atoms with Crippen LogP contribution in [-0.4, -0.2) is 47.0 Å². The van der Waals surface area contributed by atoms with E-state index in [0.717, 1.165) is 43.4 Å². The first-order valence-corrected chi connectivity index (χ1v) is 14.3. The Morgan fingerprint density at radius 2 is 1.64 bits per heavy atom. The minimum Gasteiger partial charge on any atom is -0.456 e. The SMILES string of the molecule is CC(C)c1ccc(NC(=O)N2CCC[C@@H]2C(=O)NC2CCC(c3cccc(C(=O)OC(C)(C)C)c3)CC2)cc1. The summed E-state index contributed by atoms with van der Waals surface area (Å²) in [6, 6.07) is 15.1. The number of rotatable bonds is 6. The number of hydrogen-bond donors (Lipinski definition) is 2. The maximum Gasteiger partial charge on any atom is 0.338 e. The number of nitrogens with one attached hydrogen (secondary N) is 2. The van der Waals surface area contributed by atoms with Crippen LogP contribution in [0.15, 0.2) is 48.5 Å². The topological polar surface area (TPSA) is 87.7 Å². The molecule has 1 saturated heterocycles. The minimum atomic E-state index is -0.530. The van der Waals surface area contributed by atoms with E-state index in [4.69, 9.17) is 4.74 Å². The van der Waals surface area contributed by atoms with Crippen LogP contribution in [0.5, 0.6) is 0 Å². The smallest absolute Gasteiger partial charge is 0.338 e. The molecular weight excluding hydrogens is 490 g/mol. The van der Waals surface area contributed by atoms with Crippen LogP contribution < -0.4 is 10.6 Å². The molecule has 1 aliphatic heterocycles. The Hall–Kier alpha value is -3.35. The number of likely N-dealkylation sites (tertiary alicyclic amines) is 1. The van der Waals surface area contributed by atoms with Crippen molar-refractivity contribution in [1.82, 2.24) is 10.2 Å². The molecule has 2 aliphatic rings. The van der Waals surface area contributed by atoms with Crippen molar-refractivity contribution in [3.05, 3.63) is 65.2 Å². The Labute approximate surface area is 232 Å². The molecule has 0 radical (unpaired) electrons. The lowest BCUT2D eigenvalue weighted by Gasteiger charge is -2.31.